The van der Waals surface area contributed by atoms with Gasteiger partial charge in [-0.2, -0.15) is 0 Å². The van der Waals surface area contributed by atoms with Crippen LogP contribution in [0.4, 0.5) is 0 Å². The standard InChI is InChI=1S/C12H12ClNO2/c1-8-2-3-9(14-7-8)6-10(15)11-4-5-12(13)16-11/h2-5,7,10,15H,6H2,1H3. The molecular formula is C12H12ClNO2. The third kappa shape index (κ3) is 2.62. The Labute approximate surface area is 98.7 Å². The lowest BCUT2D eigenvalue weighted by Crippen LogP contribution is -2.02. The number of aromatic nitrogens is 1. The van der Waals surface area contributed by atoms with E-state index in [0.29, 0.717) is 12.2 Å². The maximum absolute atomic E-state index is 9.86. The topological polar surface area (TPSA) is 46.3 Å². The van der Waals surface area contributed by atoms with Crippen LogP contribution in [0.3, 0.4) is 0 Å². The molecule has 1 atom stereocenters. The number of furan rings is 1. The number of aliphatic hydroxyl groups is 1. The molecule has 0 fully saturated rings. The second-order valence-corrected chi connectivity index (χ2v) is 4.06. The first-order chi connectivity index (χ1) is 7.65. The zero-order valence-corrected chi connectivity index (χ0v) is 9.61. The average molecular weight is 238 g/mol. The number of nitrogens with zero attached hydrogens (tertiary/aromatic N) is 1. The van der Waals surface area contributed by atoms with Gasteiger partial charge in [-0.25, -0.2) is 0 Å². The summed E-state index contributed by atoms with van der Waals surface area (Å²) in [4.78, 5) is 4.22. The minimum absolute atomic E-state index is 0.283. The van der Waals surface area contributed by atoms with E-state index < -0.39 is 6.10 Å². The Bertz CT molecular complexity index is 464. The van der Waals surface area contributed by atoms with Crippen LogP contribution >= 0.6 is 11.6 Å². The molecule has 16 heavy (non-hydrogen) atoms. The molecule has 0 aliphatic rings. The van der Waals surface area contributed by atoms with Crippen molar-refractivity contribution in [1.29, 1.82) is 0 Å². The SMILES string of the molecule is Cc1ccc(CC(O)c2ccc(Cl)o2)nc1. The molecule has 2 aromatic heterocycles. The lowest BCUT2D eigenvalue weighted by atomic mass is 10.1. The Morgan fingerprint density at radius 3 is 2.75 bits per heavy atom. The molecule has 2 rings (SSSR count). The number of aryl methyl sites for hydroxylation is 1. The first-order valence-electron chi connectivity index (χ1n) is 5.00. The second kappa shape index (κ2) is 4.68. The molecule has 3 nitrogen and oxygen atoms in total. The molecule has 0 radical (unpaired) electrons. The Hall–Kier alpha value is -1.32. The van der Waals surface area contributed by atoms with Crippen LogP contribution in [0.1, 0.15) is 23.1 Å². The van der Waals surface area contributed by atoms with Gasteiger partial charge in [0, 0.05) is 18.3 Å². The molecule has 84 valence electrons. The highest BCUT2D eigenvalue weighted by molar-refractivity contribution is 6.28. The minimum Gasteiger partial charge on any atom is -0.447 e. The first kappa shape index (κ1) is 11.2. The second-order valence-electron chi connectivity index (χ2n) is 3.69. The van der Waals surface area contributed by atoms with E-state index in [4.69, 9.17) is 16.0 Å². The van der Waals surface area contributed by atoms with Crippen LogP contribution < -0.4 is 0 Å². The van der Waals surface area contributed by atoms with Crippen LogP contribution in [0.5, 0.6) is 0 Å². The van der Waals surface area contributed by atoms with E-state index in [2.05, 4.69) is 4.98 Å². The molecule has 0 aliphatic carbocycles. The maximum Gasteiger partial charge on any atom is 0.193 e. The highest BCUT2D eigenvalue weighted by Gasteiger charge is 2.13. The van der Waals surface area contributed by atoms with Crippen LogP contribution in [0.25, 0.3) is 0 Å². The van der Waals surface area contributed by atoms with Crippen molar-refractivity contribution in [2.75, 3.05) is 0 Å². The number of halogens is 1. The van der Waals surface area contributed by atoms with Crippen molar-refractivity contribution in [3.8, 4) is 0 Å². The van der Waals surface area contributed by atoms with Crippen LogP contribution in [-0.2, 0) is 6.42 Å². The molecule has 0 amide bonds. The molecule has 2 heterocycles. The van der Waals surface area contributed by atoms with Gasteiger partial charge < -0.3 is 9.52 Å². The summed E-state index contributed by atoms with van der Waals surface area (Å²) in [7, 11) is 0. The summed E-state index contributed by atoms with van der Waals surface area (Å²) in [5.74, 6) is 0.465. The lowest BCUT2D eigenvalue weighted by molar-refractivity contribution is 0.149. The van der Waals surface area contributed by atoms with Gasteiger partial charge in [0.1, 0.15) is 11.9 Å². The monoisotopic (exact) mass is 237 g/mol. The van der Waals surface area contributed by atoms with Gasteiger partial charge >= 0.3 is 0 Å². The van der Waals surface area contributed by atoms with E-state index in [1.165, 1.54) is 0 Å². The largest absolute Gasteiger partial charge is 0.447 e. The van der Waals surface area contributed by atoms with Crippen LogP contribution in [0, 0.1) is 6.92 Å². The molecule has 1 unspecified atom stereocenters. The van der Waals surface area contributed by atoms with E-state index in [-0.39, 0.29) is 5.22 Å². The van der Waals surface area contributed by atoms with E-state index in [0.717, 1.165) is 11.3 Å². The summed E-state index contributed by atoms with van der Waals surface area (Å²) in [6, 6.07) is 7.14. The third-order valence-corrected chi connectivity index (χ3v) is 2.50. The van der Waals surface area contributed by atoms with Crippen LogP contribution in [-0.4, -0.2) is 10.1 Å². The predicted molar refractivity (Wildman–Crippen MR) is 61.4 cm³/mol. The van der Waals surface area contributed by atoms with Gasteiger partial charge in [-0.05, 0) is 42.3 Å². The highest BCUT2D eigenvalue weighted by atomic mass is 35.5. The molecular weight excluding hydrogens is 226 g/mol. The molecule has 4 heteroatoms. The quantitative estimate of drug-likeness (QED) is 0.893. The molecule has 2 aromatic rings. The number of hydrogen-bond acceptors (Lipinski definition) is 3. The molecule has 0 spiro atoms. The van der Waals surface area contributed by atoms with E-state index in [1.807, 2.05) is 19.1 Å². The summed E-state index contributed by atoms with van der Waals surface area (Å²) in [5, 5.41) is 10.1. The van der Waals surface area contributed by atoms with Gasteiger partial charge in [-0.15, -0.1) is 0 Å². The first-order valence-corrected chi connectivity index (χ1v) is 5.38. The molecule has 0 saturated carbocycles. The Balaban J connectivity index is 2.07. The van der Waals surface area contributed by atoms with E-state index in [9.17, 15) is 5.11 Å². The number of aliphatic hydroxyl groups excluding tert-OH is 1. The van der Waals surface area contributed by atoms with Crippen LogP contribution in [0.2, 0.25) is 5.22 Å². The van der Waals surface area contributed by atoms with Crippen molar-refractivity contribution in [2.24, 2.45) is 0 Å². The smallest absolute Gasteiger partial charge is 0.193 e. The van der Waals surface area contributed by atoms with Crippen molar-refractivity contribution >= 4 is 11.6 Å². The van der Waals surface area contributed by atoms with Gasteiger partial charge in [0.15, 0.2) is 5.22 Å². The maximum atomic E-state index is 9.86. The van der Waals surface area contributed by atoms with Gasteiger partial charge in [0.25, 0.3) is 0 Å². The summed E-state index contributed by atoms with van der Waals surface area (Å²) < 4.78 is 5.13. The normalized spacial score (nSPS) is 12.7. The molecule has 0 saturated heterocycles. The summed E-state index contributed by atoms with van der Waals surface area (Å²) >= 11 is 5.63. The predicted octanol–water partition coefficient (Wildman–Crippen LogP) is 2.91. The molecule has 0 aliphatic heterocycles. The average Bonchev–Trinajstić information content (AvgIpc) is 2.68. The Morgan fingerprint density at radius 1 is 1.38 bits per heavy atom. The zero-order valence-electron chi connectivity index (χ0n) is 8.85. The van der Waals surface area contributed by atoms with Crippen molar-refractivity contribution in [1.82, 2.24) is 4.98 Å². The highest BCUT2D eigenvalue weighted by Crippen LogP contribution is 2.22. The minimum atomic E-state index is -0.706. The lowest BCUT2D eigenvalue weighted by Gasteiger charge is -2.06. The Morgan fingerprint density at radius 2 is 2.19 bits per heavy atom. The van der Waals surface area contributed by atoms with Crippen molar-refractivity contribution in [3.63, 3.8) is 0 Å². The molecule has 1 N–H and O–H groups in total. The van der Waals surface area contributed by atoms with Gasteiger partial charge in [0.2, 0.25) is 0 Å². The van der Waals surface area contributed by atoms with Gasteiger partial charge in [0.05, 0.1) is 0 Å². The summed E-state index contributed by atoms with van der Waals surface area (Å²) in [6.07, 6.45) is 1.49. The Kier molecular flexibility index (Phi) is 3.27. The van der Waals surface area contributed by atoms with Crippen LogP contribution in [0.15, 0.2) is 34.9 Å². The number of pyridine rings is 1. The number of rotatable bonds is 3. The zero-order chi connectivity index (χ0) is 11.5. The van der Waals surface area contributed by atoms with Crippen molar-refractivity contribution in [3.05, 3.63) is 52.7 Å². The van der Waals surface area contributed by atoms with Crippen molar-refractivity contribution < 1.29 is 9.52 Å². The summed E-state index contributed by atoms with van der Waals surface area (Å²) in [5.41, 5.74) is 1.92. The summed E-state index contributed by atoms with van der Waals surface area (Å²) in [6.45, 7) is 1.97. The molecule has 0 aromatic carbocycles. The van der Waals surface area contributed by atoms with Crippen molar-refractivity contribution in [2.45, 2.75) is 19.4 Å². The third-order valence-electron chi connectivity index (χ3n) is 2.30. The molecule has 0 bridgehead atoms. The fourth-order valence-electron chi connectivity index (χ4n) is 1.43. The van der Waals surface area contributed by atoms with Gasteiger partial charge in [-0.3, -0.25) is 4.98 Å². The number of hydrogen-bond donors (Lipinski definition) is 1. The van der Waals surface area contributed by atoms with E-state index in [1.54, 1.807) is 18.3 Å². The fourth-order valence-corrected chi connectivity index (χ4v) is 1.58. The van der Waals surface area contributed by atoms with E-state index >= 15 is 0 Å². The fraction of sp³-hybridized carbons (Fsp3) is 0.250. The van der Waals surface area contributed by atoms with Gasteiger partial charge in [-0.1, -0.05) is 6.07 Å².